The molecule has 6 nitrogen and oxygen atoms in total. The summed E-state index contributed by atoms with van der Waals surface area (Å²) in [6, 6.07) is 95.1. The Bertz CT molecular complexity index is 4520. The van der Waals surface area contributed by atoms with Gasteiger partial charge >= 0.3 is 0 Å². The number of nitrogens with zero attached hydrogens (tertiary/aromatic N) is 4. The van der Waals surface area contributed by atoms with Crippen molar-refractivity contribution in [2.24, 2.45) is 0 Å². The average Bonchev–Trinajstić information content (AvgIpc) is 2.38. The van der Waals surface area contributed by atoms with Crippen LogP contribution in [0.1, 0.15) is 52.7 Å². The van der Waals surface area contributed by atoms with E-state index in [9.17, 15) is 0 Å². The lowest BCUT2D eigenvalue weighted by molar-refractivity contribution is 0.590. The minimum Gasteiger partial charge on any atom is -0.456 e. The molecule has 2 aliphatic rings. The average molecular weight is 1070 g/mol. The van der Waals surface area contributed by atoms with Crippen LogP contribution in [0, 0.1) is 0 Å². The fourth-order valence-corrected chi connectivity index (χ4v) is 12.8. The van der Waals surface area contributed by atoms with Crippen molar-refractivity contribution in [1.29, 1.82) is 0 Å². The SMILES string of the molecule is CC(C)(C)c1ccc(N2c3ccc(C(C)(C)C)cc3B3c4ccc(N(c5ccccc5)c5cccc6c5oc5ccccc56)cc4N(c4ccc(-c5cc6ccccc6o5)cc4)c4cc(N(c5ccccc5)c5ccccc5)cc2c43)cc1. The minimum absolute atomic E-state index is 0.0202. The highest BCUT2D eigenvalue weighted by Crippen LogP contribution is 2.51. The van der Waals surface area contributed by atoms with Crippen LogP contribution in [-0.2, 0) is 10.8 Å². The second-order valence-corrected chi connectivity index (χ2v) is 24.2. The lowest BCUT2D eigenvalue weighted by Crippen LogP contribution is -2.61. The third kappa shape index (κ3) is 8.48. The van der Waals surface area contributed by atoms with Gasteiger partial charge in [-0.25, -0.2) is 0 Å². The summed E-state index contributed by atoms with van der Waals surface area (Å²) in [4.78, 5) is 9.84. The molecule has 400 valence electrons. The largest absolute Gasteiger partial charge is 0.456 e. The molecular weight excluding hydrogens is 1010 g/mol. The lowest BCUT2D eigenvalue weighted by Gasteiger charge is -2.45. The van der Waals surface area contributed by atoms with Gasteiger partial charge in [-0.15, -0.1) is 0 Å². The quantitative estimate of drug-likeness (QED) is 0.134. The second-order valence-electron chi connectivity index (χ2n) is 24.2. The van der Waals surface area contributed by atoms with Gasteiger partial charge in [0, 0.05) is 78.6 Å². The highest BCUT2D eigenvalue weighted by molar-refractivity contribution is 7.00. The van der Waals surface area contributed by atoms with Gasteiger partial charge < -0.3 is 28.4 Å². The zero-order valence-electron chi connectivity index (χ0n) is 47.5. The first-order chi connectivity index (χ1) is 40.4. The van der Waals surface area contributed by atoms with Crippen LogP contribution in [0.4, 0.5) is 68.2 Å². The van der Waals surface area contributed by atoms with Gasteiger partial charge in [0.1, 0.15) is 16.9 Å². The Labute approximate surface area is 485 Å². The maximum absolute atomic E-state index is 6.87. The summed E-state index contributed by atoms with van der Waals surface area (Å²) >= 11 is 0. The van der Waals surface area contributed by atoms with Gasteiger partial charge in [0.05, 0.1) is 11.4 Å². The Morgan fingerprint density at radius 2 is 0.904 bits per heavy atom. The number of benzene rings is 11. The predicted octanol–water partition coefficient (Wildman–Crippen LogP) is 19.6. The summed E-state index contributed by atoms with van der Waals surface area (Å²) in [5.74, 6) is 0.831. The Morgan fingerprint density at radius 1 is 0.361 bits per heavy atom. The molecule has 83 heavy (non-hydrogen) atoms. The van der Waals surface area contributed by atoms with Crippen LogP contribution in [0.2, 0.25) is 0 Å². The van der Waals surface area contributed by atoms with Crippen molar-refractivity contribution in [3.05, 3.63) is 272 Å². The number of anilines is 12. The Balaban J connectivity index is 1.04. The van der Waals surface area contributed by atoms with Crippen molar-refractivity contribution in [3.8, 4) is 11.3 Å². The molecule has 0 atom stereocenters. The fourth-order valence-electron chi connectivity index (χ4n) is 12.8. The van der Waals surface area contributed by atoms with Crippen LogP contribution in [-0.4, -0.2) is 6.71 Å². The number of para-hydroxylation sites is 6. The zero-order valence-corrected chi connectivity index (χ0v) is 47.5. The molecule has 0 spiro atoms. The maximum Gasteiger partial charge on any atom is 0.252 e. The molecule has 11 aromatic carbocycles. The molecule has 4 heterocycles. The van der Waals surface area contributed by atoms with E-state index in [2.05, 4.69) is 304 Å². The van der Waals surface area contributed by atoms with E-state index in [1.807, 2.05) is 18.2 Å². The molecule has 0 amide bonds. The highest BCUT2D eigenvalue weighted by Gasteiger charge is 2.45. The monoisotopic (exact) mass is 1070 g/mol. The Hall–Kier alpha value is -9.98. The second kappa shape index (κ2) is 19.4. The molecular formula is C76H61BN4O2. The van der Waals surface area contributed by atoms with Crippen LogP contribution < -0.4 is 36.0 Å². The molecule has 0 saturated carbocycles. The standard InChI is InChI=1S/C76H61BN4O2/c1-75(2,3)52-35-40-58(41-36-52)80-65-44-37-53(76(4,5)6)46-64(65)77-63-43-42-59(79(56-26-14-9-15-27-56)66-30-20-29-62-61-28-17-19-32-71(61)83-74(62)66)47-67(63)81(57-38-33-50(34-39-57)72-45-51-21-16-18-31-70(51)82-72)69-49-60(48-68(80)73(69)77)78(54-22-10-7-11-23-54)55-24-12-8-13-25-55/h7-49H,1-6H3. The zero-order chi connectivity index (χ0) is 56.1. The van der Waals surface area contributed by atoms with E-state index in [-0.39, 0.29) is 17.5 Å². The van der Waals surface area contributed by atoms with Gasteiger partial charge in [0.25, 0.3) is 6.71 Å². The van der Waals surface area contributed by atoms with Crippen molar-refractivity contribution < 1.29 is 8.83 Å². The first kappa shape index (κ1) is 50.0. The van der Waals surface area contributed by atoms with Crippen molar-refractivity contribution in [1.82, 2.24) is 0 Å². The lowest BCUT2D eigenvalue weighted by atomic mass is 9.33. The molecule has 0 fully saturated rings. The number of furan rings is 2. The molecule has 0 radical (unpaired) electrons. The van der Waals surface area contributed by atoms with Gasteiger partial charge in [-0.1, -0.05) is 175 Å². The molecule has 2 aliphatic heterocycles. The molecule has 0 saturated heterocycles. The van der Waals surface area contributed by atoms with E-state index < -0.39 is 0 Å². The Morgan fingerprint density at radius 3 is 1.54 bits per heavy atom. The van der Waals surface area contributed by atoms with Crippen LogP contribution in [0.15, 0.2) is 270 Å². The molecule has 13 aromatic rings. The third-order valence-corrected chi connectivity index (χ3v) is 16.9. The number of fused-ring (bicyclic) bond motifs is 8. The van der Waals surface area contributed by atoms with Crippen LogP contribution in [0.25, 0.3) is 44.2 Å². The van der Waals surface area contributed by atoms with Crippen LogP contribution >= 0.6 is 0 Å². The predicted molar refractivity (Wildman–Crippen MR) is 350 cm³/mol. The van der Waals surface area contributed by atoms with E-state index in [4.69, 9.17) is 8.83 Å². The Kier molecular flexibility index (Phi) is 11.7. The van der Waals surface area contributed by atoms with Crippen LogP contribution in [0.3, 0.4) is 0 Å². The van der Waals surface area contributed by atoms with E-state index in [0.717, 1.165) is 112 Å². The summed E-state index contributed by atoms with van der Waals surface area (Å²) < 4.78 is 13.4. The van der Waals surface area contributed by atoms with Gasteiger partial charge in [-0.2, -0.15) is 0 Å². The number of rotatable bonds is 9. The highest BCUT2D eigenvalue weighted by atomic mass is 16.3. The van der Waals surface area contributed by atoms with Crippen molar-refractivity contribution in [2.75, 3.05) is 19.6 Å². The van der Waals surface area contributed by atoms with Crippen molar-refractivity contribution in [3.63, 3.8) is 0 Å². The topological polar surface area (TPSA) is 39.2 Å². The summed E-state index contributed by atoms with van der Waals surface area (Å²) in [7, 11) is 0. The molecule has 0 aliphatic carbocycles. The van der Waals surface area contributed by atoms with Gasteiger partial charge in [-0.3, -0.25) is 0 Å². The fraction of sp³-hybridized carbons (Fsp3) is 0.105. The van der Waals surface area contributed by atoms with Gasteiger partial charge in [0.15, 0.2) is 5.58 Å². The summed E-state index contributed by atoms with van der Waals surface area (Å²) in [6.07, 6.45) is 0. The third-order valence-electron chi connectivity index (χ3n) is 16.9. The molecule has 0 N–H and O–H groups in total. The maximum atomic E-state index is 6.87. The van der Waals surface area contributed by atoms with Crippen molar-refractivity contribution >= 4 is 124 Å². The smallest absolute Gasteiger partial charge is 0.252 e. The normalized spacial score (nSPS) is 12.9. The molecule has 0 bridgehead atoms. The first-order valence-electron chi connectivity index (χ1n) is 28.8. The molecule has 0 unspecified atom stereocenters. The summed E-state index contributed by atoms with van der Waals surface area (Å²) in [5, 5.41) is 3.24. The van der Waals surface area contributed by atoms with E-state index in [1.165, 1.54) is 27.5 Å². The van der Waals surface area contributed by atoms with E-state index in [0.29, 0.717) is 0 Å². The van der Waals surface area contributed by atoms with E-state index >= 15 is 0 Å². The van der Waals surface area contributed by atoms with E-state index in [1.54, 1.807) is 0 Å². The van der Waals surface area contributed by atoms with Gasteiger partial charge in [-0.05, 0) is 166 Å². The molecule has 7 heteroatoms. The van der Waals surface area contributed by atoms with Gasteiger partial charge in [0.2, 0.25) is 0 Å². The number of hydrogen-bond donors (Lipinski definition) is 0. The molecule has 15 rings (SSSR count). The minimum atomic E-state index is -0.155. The van der Waals surface area contributed by atoms with Crippen LogP contribution in [0.5, 0.6) is 0 Å². The summed E-state index contributed by atoms with van der Waals surface area (Å²) in [6.45, 7) is 13.7. The van der Waals surface area contributed by atoms with Crippen molar-refractivity contribution in [2.45, 2.75) is 52.4 Å². The first-order valence-corrected chi connectivity index (χ1v) is 28.8. The molecule has 2 aromatic heterocycles. The number of hydrogen-bond acceptors (Lipinski definition) is 6. The summed E-state index contributed by atoms with van der Waals surface area (Å²) in [5.41, 5.74) is 22.5.